The van der Waals surface area contributed by atoms with E-state index in [-0.39, 0.29) is 41.7 Å². The molecule has 180 valence electrons. The number of carbonyl (C=O) groups excluding carboxylic acids is 1. The van der Waals surface area contributed by atoms with E-state index in [1.165, 1.54) is 12.1 Å². The minimum atomic E-state index is -4.68. The molecule has 1 saturated heterocycles. The van der Waals surface area contributed by atoms with E-state index in [1.807, 2.05) is 11.8 Å². The molecule has 10 heteroatoms. The van der Waals surface area contributed by atoms with Gasteiger partial charge in [0, 0.05) is 38.1 Å². The molecule has 1 aromatic carbocycles. The van der Waals surface area contributed by atoms with E-state index >= 15 is 0 Å². The number of nitrogens with one attached hydrogen (secondary N) is 2. The Morgan fingerprint density at radius 3 is 2.50 bits per heavy atom. The molecule has 0 aromatic heterocycles. The predicted octanol–water partition coefficient (Wildman–Crippen LogP) is 4.09. The Labute approximate surface area is 204 Å². The number of likely N-dealkylation sites (tertiary alicyclic amines) is 1. The summed E-state index contributed by atoms with van der Waals surface area (Å²) in [6.07, 6.45) is 1.14. The van der Waals surface area contributed by atoms with Crippen LogP contribution < -0.4 is 15.4 Å². The Morgan fingerprint density at radius 1 is 1.19 bits per heavy atom. The SMILES string of the molecule is CCNC(=NCCc1ccc(OC(F)(F)F)cc1)NC1CCN(C(=O)C2CCCC2)C1.I. The van der Waals surface area contributed by atoms with E-state index in [4.69, 9.17) is 0 Å². The fourth-order valence-corrected chi connectivity index (χ4v) is 4.18. The van der Waals surface area contributed by atoms with Gasteiger partial charge in [0.1, 0.15) is 5.75 Å². The van der Waals surface area contributed by atoms with Crippen molar-refractivity contribution in [3.8, 4) is 5.75 Å². The first-order valence-corrected chi connectivity index (χ1v) is 11.0. The molecule has 1 aliphatic carbocycles. The highest BCUT2D eigenvalue weighted by atomic mass is 127. The van der Waals surface area contributed by atoms with Crippen LogP contribution in [0.1, 0.15) is 44.6 Å². The normalized spacial score (nSPS) is 19.6. The fraction of sp³-hybridized carbons (Fsp3) is 0.636. The molecule has 1 heterocycles. The summed E-state index contributed by atoms with van der Waals surface area (Å²) >= 11 is 0. The second-order valence-electron chi connectivity index (χ2n) is 8.10. The van der Waals surface area contributed by atoms with Crippen LogP contribution in [0.4, 0.5) is 13.2 Å². The fourth-order valence-electron chi connectivity index (χ4n) is 4.18. The topological polar surface area (TPSA) is 66.0 Å². The van der Waals surface area contributed by atoms with Crippen molar-refractivity contribution in [2.45, 2.75) is 57.9 Å². The molecule has 6 nitrogen and oxygen atoms in total. The summed E-state index contributed by atoms with van der Waals surface area (Å²) in [5.74, 6) is 0.961. The van der Waals surface area contributed by atoms with Crippen molar-refractivity contribution >= 4 is 35.8 Å². The lowest BCUT2D eigenvalue weighted by Crippen LogP contribution is -2.45. The molecule has 1 aliphatic heterocycles. The van der Waals surface area contributed by atoms with Gasteiger partial charge < -0.3 is 20.3 Å². The second kappa shape index (κ2) is 12.5. The van der Waals surface area contributed by atoms with Gasteiger partial charge >= 0.3 is 6.36 Å². The minimum absolute atomic E-state index is 0. The summed E-state index contributed by atoms with van der Waals surface area (Å²) in [6, 6.07) is 6.01. The number of guanidine groups is 1. The van der Waals surface area contributed by atoms with Gasteiger partial charge in [-0.3, -0.25) is 9.79 Å². The van der Waals surface area contributed by atoms with Crippen LogP contribution in [0.25, 0.3) is 0 Å². The maximum atomic E-state index is 12.6. The Hall–Kier alpha value is -1.72. The molecule has 0 spiro atoms. The number of hydrogen-bond acceptors (Lipinski definition) is 3. The van der Waals surface area contributed by atoms with Crippen molar-refractivity contribution in [1.82, 2.24) is 15.5 Å². The number of amides is 1. The van der Waals surface area contributed by atoms with E-state index in [2.05, 4.69) is 20.4 Å². The first kappa shape index (κ1) is 26.5. The lowest BCUT2D eigenvalue weighted by Gasteiger charge is -2.21. The summed E-state index contributed by atoms with van der Waals surface area (Å²) in [7, 11) is 0. The second-order valence-corrected chi connectivity index (χ2v) is 8.10. The average Bonchev–Trinajstić information content (AvgIpc) is 3.40. The van der Waals surface area contributed by atoms with Gasteiger partial charge in [0.25, 0.3) is 0 Å². The van der Waals surface area contributed by atoms with E-state index in [9.17, 15) is 18.0 Å². The molecule has 0 radical (unpaired) electrons. The number of benzene rings is 1. The Morgan fingerprint density at radius 2 is 1.88 bits per heavy atom. The lowest BCUT2D eigenvalue weighted by molar-refractivity contribution is -0.274. The number of nitrogens with zero attached hydrogens (tertiary/aromatic N) is 2. The number of alkyl halides is 3. The van der Waals surface area contributed by atoms with Gasteiger partial charge in [-0.15, -0.1) is 37.1 Å². The van der Waals surface area contributed by atoms with Crippen molar-refractivity contribution < 1.29 is 22.7 Å². The predicted molar refractivity (Wildman–Crippen MR) is 128 cm³/mol. The van der Waals surface area contributed by atoms with Gasteiger partial charge in [0.2, 0.25) is 5.91 Å². The van der Waals surface area contributed by atoms with Gasteiger partial charge in [-0.1, -0.05) is 25.0 Å². The summed E-state index contributed by atoms with van der Waals surface area (Å²) < 4.78 is 40.6. The Balaban J connectivity index is 0.00000363. The third-order valence-electron chi connectivity index (χ3n) is 5.72. The summed E-state index contributed by atoms with van der Waals surface area (Å²) in [5.41, 5.74) is 0.878. The molecule has 2 fully saturated rings. The number of hydrogen-bond donors (Lipinski definition) is 2. The van der Waals surface area contributed by atoms with E-state index in [1.54, 1.807) is 12.1 Å². The summed E-state index contributed by atoms with van der Waals surface area (Å²) in [5, 5.41) is 6.63. The van der Waals surface area contributed by atoms with Crippen LogP contribution in [0, 0.1) is 5.92 Å². The molecule has 2 aliphatic rings. The van der Waals surface area contributed by atoms with Crippen molar-refractivity contribution in [2.24, 2.45) is 10.9 Å². The third-order valence-corrected chi connectivity index (χ3v) is 5.72. The van der Waals surface area contributed by atoms with Gasteiger partial charge in [0.05, 0.1) is 0 Å². The van der Waals surface area contributed by atoms with E-state index in [0.29, 0.717) is 37.9 Å². The van der Waals surface area contributed by atoms with E-state index in [0.717, 1.165) is 44.2 Å². The van der Waals surface area contributed by atoms with Crippen LogP contribution in [0.15, 0.2) is 29.3 Å². The third kappa shape index (κ3) is 8.32. The van der Waals surface area contributed by atoms with E-state index < -0.39 is 6.36 Å². The van der Waals surface area contributed by atoms with Gasteiger partial charge in [-0.05, 0) is 50.3 Å². The van der Waals surface area contributed by atoms with Crippen LogP contribution in [0.3, 0.4) is 0 Å². The Kier molecular flexibility index (Phi) is 10.4. The Bertz CT molecular complexity index is 753. The van der Waals surface area contributed by atoms with Crippen molar-refractivity contribution in [2.75, 3.05) is 26.2 Å². The number of rotatable bonds is 7. The van der Waals surface area contributed by atoms with Crippen LogP contribution in [0.5, 0.6) is 5.75 Å². The quantitative estimate of drug-likeness (QED) is 0.296. The molecule has 1 amide bonds. The van der Waals surface area contributed by atoms with Gasteiger partial charge in [-0.25, -0.2) is 0 Å². The van der Waals surface area contributed by atoms with Gasteiger partial charge in [0.15, 0.2) is 5.96 Å². The zero-order chi connectivity index (χ0) is 22.3. The first-order valence-electron chi connectivity index (χ1n) is 11.0. The molecule has 0 bridgehead atoms. The number of halogens is 4. The van der Waals surface area contributed by atoms with Crippen molar-refractivity contribution in [1.29, 1.82) is 0 Å². The average molecular weight is 568 g/mol. The molecule has 3 rings (SSSR count). The summed E-state index contributed by atoms with van der Waals surface area (Å²) in [6.45, 7) is 4.67. The molecular formula is C22H32F3IN4O2. The first-order chi connectivity index (χ1) is 14.8. The number of aliphatic imine (C=N–C) groups is 1. The molecule has 1 atom stereocenters. The molecule has 1 saturated carbocycles. The summed E-state index contributed by atoms with van der Waals surface area (Å²) in [4.78, 5) is 19.2. The number of carbonyl (C=O) groups is 1. The van der Waals surface area contributed by atoms with Crippen LogP contribution in [-0.2, 0) is 11.2 Å². The molecule has 2 N–H and O–H groups in total. The highest BCUT2D eigenvalue weighted by Gasteiger charge is 2.32. The standard InChI is InChI=1S/C22H31F3N4O2.HI/c1-2-26-21(27-13-11-16-7-9-19(10-8-16)31-22(23,24)25)28-18-12-14-29(15-18)20(30)17-5-3-4-6-17;/h7-10,17-18H,2-6,11-15H2,1H3,(H2,26,27,28);1H. The van der Waals surface area contributed by atoms with Gasteiger partial charge in [-0.2, -0.15) is 0 Å². The van der Waals surface area contributed by atoms with Crippen molar-refractivity contribution in [3.05, 3.63) is 29.8 Å². The maximum absolute atomic E-state index is 12.6. The number of ether oxygens (including phenoxy) is 1. The highest BCUT2D eigenvalue weighted by Crippen LogP contribution is 2.28. The smallest absolute Gasteiger partial charge is 0.406 e. The van der Waals surface area contributed by atoms with Crippen LogP contribution in [0.2, 0.25) is 0 Å². The van der Waals surface area contributed by atoms with Crippen molar-refractivity contribution in [3.63, 3.8) is 0 Å². The zero-order valence-corrected chi connectivity index (χ0v) is 20.6. The van der Waals surface area contributed by atoms with Crippen LogP contribution >= 0.6 is 24.0 Å². The maximum Gasteiger partial charge on any atom is 0.573 e. The highest BCUT2D eigenvalue weighted by molar-refractivity contribution is 14.0. The zero-order valence-electron chi connectivity index (χ0n) is 18.3. The minimum Gasteiger partial charge on any atom is -0.406 e. The molecular weight excluding hydrogens is 536 g/mol. The molecule has 1 aromatic rings. The largest absolute Gasteiger partial charge is 0.573 e. The molecule has 1 unspecified atom stereocenters. The van der Waals surface area contributed by atoms with Crippen LogP contribution in [-0.4, -0.2) is 55.3 Å². The lowest BCUT2D eigenvalue weighted by atomic mass is 10.1. The monoisotopic (exact) mass is 568 g/mol. The molecule has 32 heavy (non-hydrogen) atoms.